The van der Waals surface area contributed by atoms with Crippen LogP contribution in [0.15, 0.2) is 40.8 Å². The molecule has 0 atom stereocenters. The van der Waals surface area contributed by atoms with Gasteiger partial charge < -0.3 is 10.1 Å². The predicted molar refractivity (Wildman–Crippen MR) is 106 cm³/mol. The zero-order valence-corrected chi connectivity index (χ0v) is 17.1. The molecule has 1 aliphatic rings. The highest BCUT2D eigenvalue weighted by Crippen LogP contribution is 2.20. The normalized spacial score (nSPS) is 14.7. The second kappa shape index (κ2) is 10.5. The van der Waals surface area contributed by atoms with Crippen molar-refractivity contribution in [2.24, 2.45) is 0 Å². The smallest absolute Gasteiger partial charge is 0.243 e. The molecule has 0 aliphatic heterocycles. The van der Waals surface area contributed by atoms with E-state index in [1.807, 2.05) is 6.92 Å². The van der Waals surface area contributed by atoms with Gasteiger partial charge >= 0.3 is 0 Å². The summed E-state index contributed by atoms with van der Waals surface area (Å²) in [5.41, 5.74) is 1.39. The Morgan fingerprint density at radius 2 is 1.93 bits per heavy atom. The second-order valence-corrected chi connectivity index (χ2v) is 8.48. The highest BCUT2D eigenvalue weighted by molar-refractivity contribution is 7.89. The molecule has 0 saturated heterocycles. The van der Waals surface area contributed by atoms with Gasteiger partial charge in [0.2, 0.25) is 15.9 Å². The Bertz CT molecular complexity index is 742. The molecular weight excluding hydrogens is 364 g/mol. The van der Waals surface area contributed by atoms with E-state index in [1.165, 1.54) is 34.9 Å². The van der Waals surface area contributed by atoms with E-state index in [4.69, 9.17) is 4.74 Å². The fourth-order valence-corrected chi connectivity index (χ4v) is 4.51. The molecule has 6 nitrogen and oxygen atoms in total. The summed E-state index contributed by atoms with van der Waals surface area (Å²) < 4.78 is 32.1. The fourth-order valence-electron chi connectivity index (χ4n) is 3.10. The lowest BCUT2D eigenvalue weighted by molar-refractivity contribution is -0.121. The molecule has 0 saturated carbocycles. The first-order valence-corrected chi connectivity index (χ1v) is 11.1. The van der Waals surface area contributed by atoms with Crippen LogP contribution in [-0.2, 0) is 14.8 Å². The average Bonchev–Trinajstić information content (AvgIpc) is 2.67. The van der Waals surface area contributed by atoms with E-state index >= 15 is 0 Å². The number of carbonyl (C=O) groups is 1. The molecule has 1 amide bonds. The molecule has 2 rings (SSSR count). The molecule has 0 aromatic heterocycles. The van der Waals surface area contributed by atoms with Crippen LogP contribution < -0.4 is 10.1 Å². The fraction of sp³-hybridized carbons (Fsp3) is 0.550. The Morgan fingerprint density at radius 1 is 1.19 bits per heavy atom. The van der Waals surface area contributed by atoms with Crippen molar-refractivity contribution in [3.8, 4) is 5.75 Å². The van der Waals surface area contributed by atoms with Crippen LogP contribution in [0.1, 0.15) is 46.0 Å². The number of benzene rings is 1. The third-order valence-corrected chi connectivity index (χ3v) is 6.53. The predicted octanol–water partition coefficient (Wildman–Crippen LogP) is 3.10. The molecule has 0 heterocycles. The van der Waals surface area contributed by atoms with Crippen LogP contribution in [-0.4, -0.2) is 44.9 Å². The van der Waals surface area contributed by atoms with E-state index in [0.717, 1.165) is 19.3 Å². The Morgan fingerprint density at radius 3 is 2.52 bits per heavy atom. The Labute approximate surface area is 162 Å². The van der Waals surface area contributed by atoms with Crippen molar-refractivity contribution in [1.29, 1.82) is 0 Å². The van der Waals surface area contributed by atoms with Crippen LogP contribution in [0.4, 0.5) is 0 Å². The minimum absolute atomic E-state index is 0.160. The lowest BCUT2D eigenvalue weighted by atomic mass is 9.97. The van der Waals surface area contributed by atoms with Crippen molar-refractivity contribution in [1.82, 2.24) is 9.62 Å². The molecule has 0 unspecified atom stereocenters. The van der Waals surface area contributed by atoms with Gasteiger partial charge in [-0.25, -0.2) is 8.42 Å². The van der Waals surface area contributed by atoms with Crippen LogP contribution in [0.2, 0.25) is 0 Å². The van der Waals surface area contributed by atoms with Crippen molar-refractivity contribution in [2.45, 2.75) is 50.8 Å². The van der Waals surface area contributed by atoms with Gasteiger partial charge in [0.1, 0.15) is 5.75 Å². The van der Waals surface area contributed by atoms with E-state index in [0.29, 0.717) is 18.9 Å². The highest BCUT2D eigenvalue weighted by Gasteiger charge is 2.25. The third kappa shape index (κ3) is 6.36. The SMILES string of the molecule is CCOc1ccc(S(=O)(=O)N(CC)CC(=O)NCCC2=CCCCC2)cc1. The van der Waals surface area contributed by atoms with E-state index < -0.39 is 10.0 Å². The maximum absolute atomic E-state index is 12.8. The van der Waals surface area contributed by atoms with Crippen molar-refractivity contribution in [3.63, 3.8) is 0 Å². The number of carbonyl (C=O) groups excluding carboxylic acids is 1. The maximum Gasteiger partial charge on any atom is 0.243 e. The van der Waals surface area contributed by atoms with Gasteiger partial charge in [0, 0.05) is 13.1 Å². The summed E-state index contributed by atoms with van der Waals surface area (Å²) in [5.74, 6) is 0.344. The molecule has 150 valence electrons. The van der Waals surface area contributed by atoms with E-state index in [-0.39, 0.29) is 23.9 Å². The van der Waals surface area contributed by atoms with E-state index in [1.54, 1.807) is 19.1 Å². The van der Waals surface area contributed by atoms with Crippen molar-refractivity contribution in [3.05, 3.63) is 35.9 Å². The van der Waals surface area contributed by atoms with Gasteiger partial charge in [0.05, 0.1) is 18.0 Å². The molecule has 0 bridgehead atoms. The number of likely N-dealkylation sites (N-methyl/N-ethyl adjacent to an activating group) is 1. The third-order valence-electron chi connectivity index (χ3n) is 4.60. The number of ether oxygens (including phenoxy) is 1. The lowest BCUT2D eigenvalue weighted by Crippen LogP contribution is -2.40. The largest absolute Gasteiger partial charge is 0.494 e. The number of hydrogen-bond donors (Lipinski definition) is 1. The molecule has 27 heavy (non-hydrogen) atoms. The second-order valence-electron chi connectivity index (χ2n) is 6.54. The molecule has 0 fully saturated rings. The quantitative estimate of drug-likeness (QED) is 0.619. The van der Waals surface area contributed by atoms with Crippen molar-refractivity contribution in [2.75, 3.05) is 26.2 Å². The monoisotopic (exact) mass is 394 g/mol. The number of nitrogens with one attached hydrogen (secondary N) is 1. The van der Waals surface area contributed by atoms with Crippen LogP contribution in [0.25, 0.3) is 0 Å². The summed E-state index contributed by atoms with van der Waals surface area (Å²) in [5, 5.41) is 2.84. The number of allylic oxidation sites excluding steroid dienone is 1. The number of rotatable bonds is 10. The first-order chi connectivity index (χ1) is 13.0. The van der Waals surface area contributed by atoms with Gasteiger partial charge in [0.25, 0.3) is 0 Å². The van der Waals surface area contributed by atoms with Crippen LogP contribution in [0.5, 0.6) is 5.75 Å². The van der Waals surface area contributed by atoms with Crippen LogP contribution in [0.3, 0.4) is 0 Å². The number of amides is 1. The van der Waals surface area contributed by atoms with Gasteiger partial charge in [0.15, 0.2) is 0 Å². The molecule has 0 spiro atoms. The molecule has 1 N–H and O–H groups in total. The molecular formula is C20H30N2O4S. The number of sulfonamides is 1. The van der Waals surface area contributed by atoms with E-state index in [9.17, 15) is 13.2 Å². The highest BCUT2D eigenvalue weighted by atomic mass is 32.2. The Balaban J connectivity index is 1.91. The van der Waals surface area contributed by atoms with Crippen molar-refractivity contribution >= 4 is 15.9 Å². The van der Waals surface area contributed by atoms with Crippen LogP contribution in [0, 0.1) is 0 Å². The number of hydrogen-bond acceptors (Lipinski definition) is 4. The standard InChI is InChI=1S/C20H30N2O4S/c1-3-22(16-20(23)21-15-14-17-8-6-5-7-9-17)27(24,25)19-12-10-18(11-13-19)26-4-2/h8,10-13H,3-7,9,14-16H2,1-2H3,(H,21,23). The topological polar surface area (TPSA) is 75.7 Å². The summed E-state index contributed by atoms with van der Waals surface area (Å²) >= 11 is 0. The van der Waals surface area contributed by atoms with Crippen LogP contribution >= 0.6 is 0 Å². The first-order valence-electron chi connectivity index (χ1n) is 9.65. The molecule has 1 aliphatic carbocycles. The zero-order chi connectivity index (χ0) is 19.7. The number of nitrogens with zero attached hydrogens (tertiary/aromatic N) is 1. The molecule has 1 aromatic rings. The van der Waals surface area contributed by atoms with Gasteiger partial charge in [-0.05, 0) is 63.3 Å². The van der Waals surface area contributed by atoms with Gasteiger partial charge in [-0.15, -0.1) is 0 Å². The van der Waals surface area contributed by atoms with Crippen molar-refractivity contribution < 1.29 is 17.9 Å². The Hall–Kier alpha value is -1.86. The summed E-state index contributed by atoms with van der Waals surface area (Å²) in [4.78, 5) is 12.4. The summed E-state index contributed by atoms with van der Waals surface area (Å²) in [6, 6.07) is 6.28. The minimum atomic E-state index is -3.72. The average molecular weight is 395 g/mol. The molecule has 1 aromatic carbocycles. The molecule has 7 heteroatoms. The lowest BCUT2D eigenvalue weighted by Gasteiger charge is -2.20. The van der Waals surface area contributed by atoms with Gasteiger partial charge in [-0.3, -0.25) is 4.79 Å². The van der Waals surface area contributed by atoms with E-state index in [2.05, 4.69) is 11.4 Å². The molecule has 0 radical (unpaired) electrons. The maximum atomic E-state index is 12.8. The first kappa shape index (κ1) is 21.4. The zero-order valence-electron chi connectivity index (χ0n) is 16.2. The summed E-state index contributed by atoms with van der Waals surface area (Å²) in [6.07, 6.45) is 7.76. The van der Waals surface area contributed by atoms with Gasteiger partial charge in [-0.2, -0.15) is 4.31 Å². The minimum Gasteiger partial charge on any atom is -0.494 e. The Kier molecular flexibility index (Phi) is 8.31. The summed E-state index contributed by atoms with van der Waals surface area (Å²) in [7, 11) is -3.72. The summed E-state index contributed by atoms with van der Waals surface area (Å²) in [6.45, 7) is 4.72. The van der Waals surface area contributed by atoms with Gasteiger partial charge in [-0.1, -0.05) is 18.6 Å².